The van der Waals surface area contributed by atoms with Crippen LogP contribution in [0.4, 0.5) is 0 Å². The molecular formula is C11H18BrClN2. The number of aromatic nitrogens is 2. The van der Waals surface area contributed by atoms with Crippen LogP contribution < -0.4 is 0 Å². The lowest BCUT2D eigenvalue weighted by Gasteiger charge is -2.16. The lowest BCUT2D eigenvalue weighted by atomic mass is 9.97. The third-order valence-corrected chi connectivity index (χ3v) is 4.83. The first-order valence-electron chi connectivity index (χ1n) is 5.29. The fourth-order valence-corrected chi connectivity index (χ4v) is 2.20. The lowest BCUT2D eigenvalue weighted by Crippen LogP contribution is -2.13. The molecule has 0 aromatic carbocycles. The molecule has 2 nitrogen and oxygen atoms in total. The highest BCUT2D eigenvalue weighted by molar-refractivity contribution is 9.09. The Morgan fingerprint density at radius 1 is 1.53 bits per heavy atom. The van der Waals surface area contributed by atoms with E-state index in [1.165, 1.54) is 5.56 Å². The van der Waals surface area contributed by atoms with Crippen molar-refractivity contribution in [2.45, 2.75) is 38.4 Å². The van der Waals surface area contributed by atoms with Crippen molar-refractivity contribution in [3.8, 4) is 0 Å². The van der Waals surface area contributed by atoms with Crippen LogP contribution in [-0.4, -0.2) is 14.6 Å². The van der Waals surface area contributed by atoms with Crippen molar-refractivity contribution in [3.05, 3.63) is 16.4 Å². The number of nitrogens with zero attached hydrogens (tertiary/aromatic N) is 2. The van der Waals surface area contributed by atoms with E-state index in [-0.39, 0.29) is 0 Å². The average Bonchev–Trinajstić information content (AvgIpc) is 2.43. The van der Waals surface area contributed by atoms with Gasteiger partial charge < -0.3 is 0 Å². The molecule has 1 aromatic rings. The van der Waals surface area contributed by atoms with E-state index < -0.39 is 0 Å². The summed E-state index contributed by atoms with van der Waals surface area (Å²) in [5.41, 5.74) is 2.23. The van der Waals surface area contributed by atoms with Crippen LogP contribution in [0.2, 0.25) is 5.15 Å². The van der Waals surface area contributed by atoms with Crippen LogP contribution in [0, 0.1) is 12.8 Å². The molecule has 0 radical (unpaired) electrons. The molecule has 86 valence electrons. The Hall–Kier alpha value is -0.0200. The molecule has 15 heavy (non-hydrogen) atoms. The minimum absolute atomic E-state index is 0.549. The summed E-state index contributed by atoms with van der Waals surface area (Å²) in [7, 11) is 1.88. The molecule has 2 atom stereocenters. The maximum absolute atomic E-state index is 6.19. The van der Waals surface area contributed by atoms with E-state index >= 15 is 0 Å². The molecule has 1 rings (SSSR count). The number of hydrogen-bond acceptors (Lipinski definition) is 1. The third-order valence-electron chi connectivity index (χ3n) is 2.80. The maximum atomic E-state index is 6.19. The fraction of sp³-hybridized carbons (Fsp3) is 0.727. The van der Waals surface area contributed by atoms with Gasteiger partial charge in [0, 0.05) is 17.4 Å². The van der Waals surface area contributed by atoms with Crippen molar-refractivity contribution < 1.29 is 0 Å². The van der Waals surface area contributed by atoms with Gasteiger partial charge in [0.15, 0.2) is 0 Å². The minimum atomic E-state index is 0.549. The number of aryl methyl sites for hydroxylation is 2. The van der Waals surface area contributed by atoms with Gasteiger partial charge in [0.1, 0.15) is 5.15 Å². The Balaban J connectivity index is 2.80. The molecule has 0 aliphatic heterocycles. The molecule has 0 aliphatic carbocycles. The predicted octanol–water partition coefficient (Wildman–Crippen LogP) is 3.73. The first kappa shape index (κ1) is 13.0. The van der Waals surface area contributed by atoms with E-state index in [1.807, 2.05) is 14.0 Å². The Morgan fingerprint density at radius 3 is 2.53 bits per heavy atom. The zero-order chi connectivity index (χ0) is 11.6. The van der Waals surface area contributed by atoms with Crippen LogP contribution in [0.15, 0.2) is 0 Å². The second kappa shape index (κ2) is 5.35. The van der Waals surface area contributed by atoms with Gasteiger partial charge in [-0.3, -0.25) is 4.68 Å². The van der Waals surface area contributed by atoms with Crippen LogP contribution in [0.1, 0.15) is 31.5 Å². The van der Waals surface area contributed by atoms with Crippen molar-refractivity contribution in [2.75, 3.05) is 0 Å². The standard InChI is InChI=1S/C11H18BrClN2/c1-5-10(12)7(2)6-9-8(3)14-15(4)11(9)13/h7,10H,5-6H2,1-4H3. The molecule has 0 aliphatic rings. The SMILES string of the molecule is CCC(Br)C(C)Cc1c(C)nn(C)c1Cl. The van der Waals surface area contributed by atoms with E-state index in [2.05, 4.69) is 34.9 Å². The summed E-state index contributed by atoms with van der Waals surface area (Å²) in [5, 5.41) is 5.09. The minimum Gasteiger partial charge on any atom is -0.257 e. The van der Waals surface area contributed by atoms with E-state index in [1.54, 1.807) is 4.68 Å². The van der Waals surface area contributed by atoms with E-state index in [4.69, 9.17) is 11.6 Å². The van der Waals surface area contributed by atoms with E-state index in [9.17, 15) is 0 Å². The zero-order valence-electron chi connectivity index (χ0n) is 9.72. The molecule has 0 amide bonds. The Bertz CT molecular complexity index is 336. The lowest BCUT2D eigenvalue weighted by molar-refractivity contribution is 0.544. The highest BCUT2D eigenvalue weighted by Gasteiger charge is 2.18. The van der Waals surface area contributed by atoms with E-state index in [0.29, 0.717) is 10.7 Å². The van der Waals surface area contributed by atoms with Crippen molar-refractivity contribution in [1.29, 1.82) is 0 Å². The van der Waals surface area contributed by atoms with Crippen molar-refractivity contribution >= 4 is 27.5 Å². The van der Waals surface area contributed by atoms with E-state index in [0.717, 1.165) is 23.7 Å². The first-order chi connectivity index (χ1) is 6.97. The largest absolute Gasteiger partial charge is 0.257 e. The zero-order valence-corrected chi connectivity index (χ0v) is 12.1. The van der Waals surface area contributed by atoms with Gasteiger partial charge in [0.05, 0.1) is 5.69 Å². The number of halogens is 2. The van der Waals surface area contributed by atoms with Crippen LogP contribution in [0.3, 0.4) is 0 Å². The summed E-state index contributed by atoms with van der Waals surface area (Å²) in [4.78, 5) is 0.549. The van der Waals surface area contributed by atoms with Gasteiger partial charge in [-0.1, -0.05) is 41.4 Å². The summed E-state index contributed by atoms with van der Waals surface area (Å²) in [6.45, 7) is 6.45. The quantitative estimate of drug-likeness (QED) is 0.773. The van der Waals surface area contributed by atoms with Crippen LogP contribution in [0.25, 0.3) is 0 Å². The molecule has 0 saturated heterocycles. The first-order valence-corrected chi connectivity index (χ1v) is 6.58. The van der Waals surface area contributed by atoms with Crippen molar-refractivity contribution in [3.63, 3.8) is 0 Å². The van der Waals surface area contributed by atoms with Gasteiger partial charge in [-0.2, -0.15) is 5.10 Å². The summed E-state index contributed by atoms with van der Waals surface area (Å²) in [5.74, 6) is 0.579. The molecule has 0 N–H and O–H groups in total. The Kier molecular flexibility index (Phi) is 4.65. The highest BCUT2D eigenvalue weighted by Crippen LogP contribution is 2.26. The summed E-state index contributed by atoms with van der Waals surface area (Å²) in [6.07, 6.45) is 2.13. The van der Waals surface area contributed by atoms with Gasteiger partial charge in [-0.05, 0) is 25.7 Å². The normalized spacial score (nSPS) is 15.3. The maximum Gasteiger partial charge on any atom is 0.130 e. The molecule has 0 spiro atoms. The molecule has 0 bridgehead atoms. The van der Waals surface area contributed by atoms with Gasteiger partial charge >= 0.3 is 0 Å². The van der Waals surface area contributed by atoms with Crippen LogP contribution >= 0.6 is 27.5 Å². The van der Waals surface area contributed by atoms with Crippen LogP contribution in [-0.2, 0) is 13.5 Å². The molecule has 4 heteroatoms. The van der Waals surface area contributed by atoms with Gasteiger partial charge in [0.2, 0.25) is 0 Å². The Labute approximate surface area is 105 Å². The summed E-state index contributed by atoms with van der Waals surface area (Å²) in [6, 6.07) is 0. The molecule has 1 aromatic heterocycles. The fourth-order valence-electron chi connectivity index (χ4n) is 1.76. The molecule has 0 fully saturated rings. The van der Waals surface area contributed by atoms with Gasteiger partial charge in [-0.15, -0.1) is 0 Å². The monoisotopic (exact) mass is 292 g/mol. The smallest absolute Gasteiger partial charge is 0.130 e. The second-order valence-electron chi connectivity index (χ2n) is 4.08. The highest BCUT2D eigenvalue weighted by atomic mass is 79.9. The molecule has 1 heterocycles. The molecule has 2 unspecified atom stereocenters. The van der Waals surface area contributed by atoms with Crippen molar-refractivity contribution in [2.24, 2.45) is 13.0 Å². The third kappa shape index (κ3) is 2.97. The number of alkyl halides is 1. The number of hydrogen-bond donors (Lipinski definition) is 0. The molecular weight excluding hydrogens is 275 g/mol. The summed E-state index contributed by atoms with van der Waals surface area (Å²) < 4.78 is 1.74. The summed E-state index contributed by atoms with van der Waals surface area (Å²) >= 11 is 9.88. The van der Waals surface area contributed by atoms with Crippen molar-refractivity contribution in [1.82, 2.24) is 9.78 Å². The number of rotatable bonds is 4. The average molecular weight is 294 g/mol. The second-order valence-corrected chi connectivity index (χ2v) is 5.62. The Morgan fingerprint density at radius 2 is 2.13 bits per heavy atom. The van der Waals surface area contributed by atoms with Gasteiger partial charge in [-0.25, -0.2) is 0 Å². The van der Waals surface area contributed by atoms with Gasteiger partial charge in [0.25, 0.3) is 0 Å². The van der Waals surface area contributed by atoms with Crippen LogP contribution in [0.5, 0.6) is 0 Å². The topological polar surface area (TPSA) is 17.8 Å². The predicted molar refractivity (Wildman–Crippen MR) is 68.8 cm³/mol. The molecule has 0 saturated carbocycles.